The van der Waals surface area contributed by atoms with Crippen molar-refractivity contribution in [1.29, 1.82) is 0 Å². The largest absolute Gasteiger partial charge is 0.479 e. The van der Waals surface area contributed by atoms with Crippen molar-refractivity contribution in [3.63, 3.8) is 0 Å². The minimum atomic E-state index is -0.889. The number of carbonyl (C=O) groups is 2. The quantitative estimate of drug-likeness (QED) is 0.163. The van der Waals surface area contributed by atoms with Crippen molar-refractivity contribution in [3.8, 4) is 0 Å². The summed E-state index contributed by atoms with van der Waals surface area (Å²) in [6.07, 6.45) is 3.72. The van der Waals surface area contributed by atoms with Crippen molar-refractivity contribution in [2.45, 2.75) is 32.2 Å². The molecule has 198 valence electrons. The van der Waals surface area contributed by atoms with Gasteiger partial charge in [0.2, 0.25) is 0 Å². The number of nitrogen functional groups attached to an aromatic ring is 1. The highest BCUT2D eigenvalue weighted by atomic mass is 79.9. The third-order valence-electron chi connectivity index (χ3n) is 6.35. The van der Waals surface area contributed by atoms with E-state index in [1.807, 2.05) is 66.5 Å². The first-order valence-corrected chi connectivity index (χ1v) is 14.1. The standard InChI is InChI=1S/C15H22N2O.C14H13NO2.CH3Br/c1-2-12-7-9-17(10-8-12)11-15(18)13-3-5-14(16)6-4-13;16-14(17)13(11-7-3-1-4-8-11)15-12-9-5-2-6-10-12;1-2/h3-6,12H,2,7-11,16H2,1H3;1-10,13,15H,(H,16,17);1H3/t;13-;/m.1./s1. The van der Waals surface area contributed by atoms with Crippen LogP contribution in [-0.2, 0) is 4.79 Å². The Morgan fingerprint density at radius 3 is 2.00 bits per heavy atom. The lowest BCUT2D eigenvalue weighted by Gasteiger charge is -2.30. The second-order valence-electron chi connectivity index (χ2n) is 8.87. The van der Waals surface area contributed by atoms with Crippen LogP contribution in [-0.4, -0.2) is 47.2 Å². The Morgan fingerprint density at radius 2 is 1.49 bits per heavy atom. The summed E-state index contributed by atoms with van der Waals surface area (Å²) in [5, 5.41) is 12.2. The molecule has 1 heterocycles. The van der Waals surface area contributed by atoms with Crippen LogP contribution in [0.3, 0.4) is 0 Å². The van der Waals surface area contributed by atoms with Crippen LogP contribution in [0.4, 0.5) is 11.4 Å². The smallest absolute Gasteiger partial charge is 0.330 e. The van der Waals surface area contributed by atoms with Crippen LogP contribution in [0.1, 0.15) is 48.1 Å². The number of halogens is 1. The number of nitrogens with two attached hydrogens (primary N) is 1. The highest BCUT2D eigenvalue weighted by Crippen LogP contribution is 2.21. The summed E-state index contributed by atoms with van der Waals surface area (Å²) >= 11 is 2.94. The fraction of sp³-hybridized carbons (Fsp3) is 0.333. The summed E-state index contributed by atoms with van der Waals surface area (Å²) < 4.78 is 0. The predicted molar refractivity (Wildman–Crippen MR) is 156 cm³/mol. The predicted octanol–water partition coefficient (Wildman–Crippen LogP) is 6.51. The van der Waals surface area contributed by atoms with E-state index in [0.29, 0.717) is 12.2 Å². The van der Waals surface area contributed by atoms with Crippen molar-refractivity contribution < 1.29 is 14.7 Å². The Bertz CT molecular complexity index is 1050. The molecule has 0 bridgehead atoms. The minimum absolute atomic E-state index is 0.199. The third kappa shape index (κ3) is 10.4. The number of aliphatic carboxylic acids is 1. The van der Waals surface area contributed by atoms with Gasteiger partial charge in [0.05, 0.1) is 6.54 Å². The fourth-order valence-corrected chi connectivity index (χ4v) is 4.15. The molecular formula is C30H38BrN3O3. The van der Waals surface area contributed by atoms with E-state index in [9.17, 15) is 14.7 Å². The molecule has 1 atom stereocenters. The average molecular weight is 569 g/mol. The number of Topliss-reactive ketones (excluding diaryl/α,β-unsaturated/α-hetero) is 1. The van der Waals surface area contributed by atoms with Gasteiger partial charge in [0.25, 0.3) is 0 Å². The molecule has 4 rings (SSSR count). The maximum absolute atomic E-state index is 12.1. The molecule has 1 aliphatic rings. The molecule has 3 aromatic carbocycles. The molecule has 3 aromatic rings. The summed E-state index contributed by atoms with van der Waals surface area (Å²) in [7, 11) is 0. The first-order valence-electron chi connectivity index (χ1n) is 12.5. The van der Waals surface area contributed by atoms with Gasteiger partial charge in [-0.2, -0.15) is 0 Å². The molecule has 1 fully saturated rings. The summed E-state index contributed by atoms with van der Waals surface area (Å²) in [4.78, 5) is 25.6. The topological polar surface area (TPSA) is 95.7 Å². The molecule has 37 heavy (non-hydrogen) atoms. The summed E-state index contributed by atoms with van der Waals surface area (Å²) in [6.45, 7) is 4.90. The zero-order valence-corrected chi connectivity index (χ0v) is 23.2. The second kappa shape index (κ2) is 16.6. The molecule has 1 saturated heterocycles. The number of piperidine rings is 1. The number of hydrogen-bond acceptors (Lipinski definition) is 5. The summed E-state index contributed by atoms with van der Waals surface area (Å²) in [6, 6.07) is 24.9. The van der Waals surface area contributed by atoms with E-state index in [4.69, 9.17) is 5.73 Å². The number of rotatable bonds is 8. The highest BCUT2D eigenvalue weighted by Gasteiger charge is 2.20. The van der Waals surface area contributed by atoms with Crippen LogP contribution in [0.2, 0.25) is 0 Å². The number of alkyl halides is 1. The molecule has 0 spiro atoms. The number of nitrogens with zero attached hydrogens (tertiary/aromatic N) is 1. The van der Waals surface area contributed by atoms with Crippen molar-refractivity contribution in [1.82, 2.24) is 4.90 Å². The molecule has 0 amide bonds. The molecule has 4 N–H and O–H groups in total. The molecule has 7 heteroatoms. The number of hydrogen-bond donors (Lipinski definition) is 3. The van der Waals surface area contributed by atoms with E-state index in [1.165, 1.54) is 19.3 Å². The number of nitrogens with one attached hydrogen (secondary N) is 1. The Hall–Kier alpha value is -3.16. The van der Waals surface area contributed by atoms with Crippen LogP contribution in [0.15, 0.2) is 84.9 Å². The van der Waals surface area contributed by atoms with Gasteiger partial charge in [-0.1, -0.05) is 77.8 Å². The van der Waals surface area contributed by atoms with E-state index in [0.717, 1.165) is 35.8 Å². The zero-order chi connectivity index (χ0) is 27.0. The summed E-state index contributed by atoms with van der Waals surface area (Å²) in [5.74, 6) is 1.98. The number of carboxylic acid groups (broad SMARTS) is 1. The fourth-order valence-electron chi connectivity index (χ4n) is 4.15. The lowest BCUT2D eigenvalue weighted by Crippen LogP contribution is -2.37. The van der Waals surface area contributed by atoms with E-state index < -0.39 is 12.0 Å². The van der Waals surface area contributed by atoms with Gasteiger partial charge in [0.15, 0.2) is 11.8 Å². The molecular weight excluding hydrogens is 530 g/mol. The normalized spacial score (nSPS) is 14.2. The monoisotopic (exact) mass is 567 g/mol. The van der Waals surface area contributed by atoms with Crippen LogP contribution < -0.4 is 11.1 Å². The van der Waals surface area contributed by atoms with Crippen molar-refractivity contribution in [3.05, 3.63) is 96.1 Å². The van der Waals surface area contributed by atoms with Crippen LogP contribution in [0.25, 0.3) is 0 Å². The molecule has 1 aliphatic heterocycles. The van der Waals surface area contributed by atoms with Crippen molar-refractivity contribution in [2.75, 3.05) is 36.5 Å². The minimum Gasteiger partial charge on any atom is -0.479 e. The number of carbonyl (C=O) groups excluding carboxylic acids is 1. The van der Waals surface area contributed by atoms with E-state index in [1.54, 1.807) is 24.3 Å². The Morgan fingerprint density at radius 1 is 0.946 bits per heavy atom. The first-order chi connectivity index (χ1) is 18.0. The van der Waals surface area contributed by atoms with Crippen molar-refractivity contribution >= 4 is 39.1 Å². The van der Waals surface area contributed by atoms with Gasteiger partial charge in [0, 0.05) is 16.9 Å². The molecule has 0 aliphatic carbocycles. The zero-order valence-electron chi connectivity index (χ0n) is 21.6. The third-order valence-corrected chi connectivity index (χ3v) is 6.35. The van der Waals surface area contributed by atoms with E-state index in [-0.39, 0.29) is 5.78 Å². The van der Waals surface area contributed by atoms with Gasteiger partial charge in [-0.05, 0) is 79.6 Å². The molecule has 6 nitrogen and oxygen atoms in total. The van der Waals surface area contributed by atoms with Crippen LogP contribution >= 0.6 is 15.9 Å². The van der Waals surface area contributed by atoms with Crippen molar-refractivity contribution in [2.24, 2.45) is 5.92 Å². The lowest BCUT2D eigenvalue weighted by atomic mass is 9.94. The Kier molecular flexibility index (Phi) is 13.5. The van der Waals surface area contributed by atoms with Gasteiger partial charge < -0.3 is 16.2 Å². The Labute approximate surface area is 229 Å². The Balaban J connectivity index is 0.000000244. The van der Waals surface area contributed by atoms with Gasteiger partial charge >= 0.3 is 5.97 Å². The van der Waals surface area contributed by atoms with Gasteiger partial charge in [-0.15, -0.1) is 0 Å². The average Bonchev–Trinajstić information content (AvgIpc) is 2.95. The number of carboxylic acids is 1. The number of benzene rings is 3. The maximum atomic E-state index is 12.1. The molecule has 0 radical (unpaired) electrons. The van der Waals surface area contributed by atoms with Crippen LogP contribution in [0, 0.1) is 5.92 Å². The maximum Gasteiger partial charge on any atom is 0.330 e. The lowest BCUT2D eigenvalue weighted by molar-refractivity contribution is -0.138. The van der Waals surface area contributed by atoms with E-state index >= 15 is 0 Å². The van der Waals surface area contributed by atoms with Gasteiger partial charge in [0.1, 0.15) is 0 Å². The number of para-hydroxylation sites is 1. The summed E-state index contributed by atoms with van der Waals surface area (Å²) in [5.41, 5.74) is 8.62. The SMILES string of the molecule is CBr.CCC1CCN(CC(=O)c2ccc(N)cc2)CC1.O=C(O)[C@H](Nc1ccccc1)c1ccccc1. The van der Waals surface area contributed by atoms with E-state index in [2.05, 4.69) is 33.1 Å². The van der Waals surface area contributed by atoms with Gasteiger partial charge in [-0.3, -0.25) is 9.69 Å². The van der Waals surface area contributed by atoms with Gasteiger partial charge in [-0.25, -0.2) is 4.79 Å². The highest BCUT2D eigenvalue weighted by molar-refractivity contribution is 9.08. The van der Waals surface area contributed by atoms with Crippen LogP contribution in [0.5, 0.6) is 0 Å². The second-order valence-corrected chi connectivity index (χ2v) is 8.87. The molecule has 0 unspecified atom stereocenters. The first kappa shape index (κ1) is 30.1. The molecule has 0 aromatic heterocycles. The number of anilines is 2. The number of likely N-dealkylation sites (tertiary alicyclic amines) is 1. The number of ketones is 1. The molecule has 0 saturated carbocycles.